The van der Waals surface area contributed by atoms with Crippen molar-refractivity contribution >= 4 is 16.6 Å². The van der Waals surface area contributed by atoms with Gasteiger partial charge in [-0.25, -0.2) is 0 Å². The molecule has 1 saturated heterocycles. The van der Waals surface area contributed by atoms with Gasteiger partial charge in [0.15, 0.2) is 0 Å². The van der Waals surface area contributed by atoms with Crippen LogP contribution in [0.25, 0.3) is 10.9 Å². The first-order valence-electron chi connectivity index (χ1n) is 12.4. The molecule has 1 aliphatic heterocycles. The van der Waals surface area contributed by atoms with Gasteiger partial charge in [-0.15, -0.1) is 6.42 Å². The van der Waals surface area contributed by atoms with E-state index in [1.54, 1.807) is 6.07 Å². The number of rotatable bonds is 6. The molecule has 0 radical (unpaired) electrons. The van der Waals surface area contributed by atoms with E-state index in [0.29, 0.717) is 18.3 Å². The molecule has 0 saturated carbocycles. The second kappa shape index (κ2) is 10.0. The number of nitrogens with zero attached hydrogens (tertiary/aromatic N) is 4. The molecule has 2 aromatic carbocycles. The van der Waals surface area contributed by atoms with Gasteiger partial charge in [0.05, 0.1) is 12.1 Å². The molecule has 1 N–H and O–H groups in total. The fourth-order valence-corrected chi connectivity index (χ4v) is 5.64. The van der Waals surface area contributed by atoms with E-state index < -0.39 is 0 Å². The Labute approximate surface area is 203 Å². The largest absolute Gasteiger partial charge is 0.508 e. The van der Waals surface area contributed by atoms with Gasteiger partial charge in [0.25, 0.3) is 0 Å². The third-order valence-corrected chi connectivity index (χ3v) is 7.61. The van der Waals surface area contributed by atoms with Gasteiger partial charge in [0.1, 0.15) is 5.75 Å². The van der Waals surface area contributed by atoms with Crippen molar-refractivity contribution < 1.29 is 5.11 Å². The Hall–Kier alpha value is -3.07. The Balaban J connectivity index is 1.19. The standard InChI is InChI=1S/C29H34N4O/c1-3-14-32(24-10-11-25-23(21-24)6-4-8-28(25)34)18-15-31-16-19-33(20-17-31)27-12-9-22(2)29-26(27)7-5-13-30-29/h1,4-9,12-13,24,34H,10-11,14-21H2,2H3. The fraction of sp³-hybridized carbons (Fsp3) is 0.414. The highest BCUT2D eigenvalue weighted by Crippen LogP contribution is 2.31. The lowest BCUT2D eigenvalue weighted by atomic mass is 9.87. The lowest BCUT2D eigenvalue weighted by Gasteiger charge is -2.39. The van der Waals surface area contributed by atoms with Crippen LogP contribution >= 0.6 is 0 Å². The van der Waals surface area contributed by atoms with E-state index >= 15 is 0 Å². The minimum atomic E-state index is 0.439. The molecule has 1 aromatic heterocycles. The number of aromatic hydroxyl groups is 1. The van der Waals surface area contributed by atoms with Crippen molar-refractivity contribution in [3.8, 4) is 18.1 Å². The molecule has 0 spiro atoms. The van der Waals surface area contributed by atoms with Gasteiger partial charge in [-0.2, -0.15) is 0 Å². The second-order valence-corrected chi connectivity index (χ2v) is 9.62. The molecule has 2 heterocycles. The van der Waals surface area contributed by atoms with E-state index in [0.717, 1.165) is 69.6 Å². The summed E-state index contributed by atoms with van der Waals surface area (Å²) in [5, 5.41) is 11.4. The maximum Gasteiger partial charge on any atom is 0.119 e. The highest BCUT2D eigenvalue weighted by Gasteiger charge is 2.26. The van der Waals surface area contributed by atoms with Gasteiger partial charge < -0.3 is 10.0 Å². The molecule has 1 atom stereocenters. The summed E-state index contributed by atoms with van der Waals surface area (Å²) in [6, 6.07) is 15.0. The Bertz CT molecular complexity index is 1190. The molecule has 1 aliphatic carbocycles. The minimum Gasteiger partial charge on any atom is -0.508 e. The molecular weight excluding hydrogens is 420 g/mol. The highest BCUT2D eigenvalue weighted by molar-refractivity contribution is 5.93. The summed E-state index contributed by atoms with van der Waals surface area (Å²) in [6.45, 7) is 9.00. The molecule has 1 unspecified atom stereocenters. The van der Waals surface area contributed by atoms with E-state index in [9.17, 15) is 5.11 Å². The number of fused-ring (bicyclic) bond motifs is 2. The van der Waals surface area contributed by atoms with Crippen LogP contribution in [0.3, 0.4) is 0 Å². The molecule has 5 heteroatoms. The van der Waals surface area contributed by atoms with Crippen LogP contribution in [0, 0.1) is 19.3 Å². The van der Waals surface area contributed by atoms with E-state index in [2.05, 4.69) is 56.8 Å². The summed E-state index contributed by atoms with van der Waals surface area (Å²) in [5.74, 6) is 3.32. The third kappa shape index (κ3) is 4.61. The van der Waals surface area contributed by atoms with Crippen LogP contribution in [-0.4, -0.2) is 71.7 Å². The van der Waals surface area contributed by atoms with Crippen molar-refractivity contribution in [1.82, 2.24) is 14.8 Å². The number of aromatic nitrogens is 1. The molecule has 0 amide bonds. The van der Waals surface area contributed by atoms with Crippen molar-refractivity contribution in [3.63, 3.8) is 0 Å². The van der Waals surface area contributed by atoms with Gasteiger partial charge >= 0.3 is 0 Å². The van der Waals surface area contributed by atoms with Crippen molar-refractivity contribution in [1.29, 1.82) is 0 Å². The normalized spacial score (nSPS) is 18.7. The van der Waals surface area contributed by atoms with Crippen LogP contribution in [0.4, 0.5) is 5.69 Å². The zero-order valence-electron chi connectivity index (χ0n) is 20.1. The average molecular weight is 455 g/mol. The van der Waals surface area contributed by atoms with E-state index in [4.69, 9.17) is 6.42 Å². The number of hydrogen-bond acceptors (Lipinski definition) is 5. The number of anilines is 1. The molecule has 1 fully saturated rings. The Morgan fingerprint density at radius 1 is 1.12 bits per heavy atom. The Kier molecular flexibility index (Phi) is 6.71. The van der Waals surface area contributed by atoms with E-state index in [1.165, 1.54) is 22.2 Å². The average Bonchev–Trinajstić information content (AvgIpc) is 2.87. The predicted molar refractivity (Wildman–Crippen MR) is 139 cm³/mol. The summed E-state index contributed by atoms with van der Waals surface area (Å²) in [6.07, 6.45) is 10.6. The number of benzene rings is 2. The predicted octanol–water partition coefficient (Wildman–Crippen LogP) is 3.86. The smallest absolute Gasteiger partial charge is 0.119 e. The van der Waals surface area contributed by atoms with E-state index in [-0.39, 0.29) is 0 Å². The quantitative estimate of drug-likeness (QED) is 0.573. The van der Waals surface area contributed by atoms with Crippen LogP contribution in [0.5, 0.6) is 5.75 Å². The van der Waals surface area contributed by atoms with Crippen LogP contribution < -0.4 is 4.90 Å². The third-order valence-electron chi connectivity index (χ3n) is 7.61. The zero-order chi connectivity index (χ0) is 23.5. The maximum absolute atomic E-state index is 10.2. The van der Waals surface area contributed by atoms with Crippen LogP contribution in [0.2, 0.25) is 0 Å². The molecule has 0 bridgehead atoms. The highest BCUT2D eigenvalue weighted by atomic mass is 16.3. The van der Waals surface area contributed by atoms with Crippen molar-refractivity contribution in [3.05, 3.63) is 65.4 Å². The number of phenols is 1. The first-order chi connectivity index (χ1) is 16.6. The maximum atomic E-state index is 10.2. The first-order valence-corrected chi connectivity index (χ1v) is 12.4. The van der Waals surface area contributed by atoms with Gasteiger partial charge in [0.2, 0.25) is 0 Å². The lowest BCUT2D eigenvalue weighted by molar-refractivity contribution is 0.160. The fourth-order valence-electron chi connectivity index (χ4n) is 5.64. The van der Waals surface area contributed by atoms with E-state index in [1.807, 2.05) is 18.3 Å². The number of phenolic OH excluding ortho intramolecular Hbond substituents is 1. The summed E-state index contributed by atoms with van der Waals surface area (Å²) in [7, 11) is 0. The monoisotopic (exact) mass is 454 g/mol. The first kappa shape index (κ1) is 22.7. The summed E-state index contributed by atoms with van der Waals surface area (Å²) >= 11 is 0. The van der Waals surface area contributed by atoms with Gasteiger partial charge in [-0.1, -0.05) is 24.1 Å². The number of piperazine rings is 1. The lowest BCUT2D eigenvalue weighted by Crippen LogP contribution is -2.50. The molecule has 3 aromatic rings. The summed E-state index contributed by atoms with van der Waals surface area (Å²) in [4.78, 5) is 12.1. The van der Waals surface area contributed by atoms with Crippen molar-refractivity contribution in [2.75, 3.05) is 50.7 Å². The SMILES string of the molecule is C#CCN(CCN1CCN(c2ccc(C)c3ncccc23)CC1)C1CCc2c(O)cccc2C1. The van der Waals surface area contributed by atoms with Crippen molar-refractivity contribution in [2.24, 2.45) is 0 Å². The Morgan fingerprint density at radius 3 is 2.79 bits per heavy atom. The summed E-state index contributed by atoms with van der Waals surface area (Å²) in [5.41, 5.74) is 6.02. The van der Waals surface area contributed by atoms with Crippen molar-refractivity contribution in [2.45, 2.75) is 32.2 Å². The number of pyridine rings is 1. The van der Waals surface area contributed by atoms with Gasteiger partial charge in [-0.3, -0.25) is 14.8 Å². The second-order valence-electron chi connectivity index (χ2n) is 9.62. The molecule has 5 rings (SSSR count). The van der Waals surface area contributed by atoms with Crippen LogP contribution in [-0.2, 0) is 12.8 Å². The molecule has 34 heavy (non-hydrogen) atoms. The molecule has 2 aliphatic rings. The molecule has 176 valence electrons. The summed E-state index contributed by atoms with van der Waals surface area (Å²) < 4.78 is 0. The number of aryl methyl sites for hydroxylation is 1. The van der Waals surface area contributed by atoms with Gasteiger partial charge in [0, 0.05) is 62.6 Å². The van der Waals surface area contributed by atoms with Crippen LogP contribution in [0.15, 0.2) is 48.7 Å². The minimum absolute atomic E-state index is 0.439. The zero-order valence-corrected chi connectivity index (χ0v) is 20.1. The topological polar surface area (TPSA) is 42.8 Å². The number of hydrogen-bond donors (Lipinski definition) is 1. The molecular formula is C29H34N4O. The Morgan fingerprint density at radius 2 is 1.97 bits per heavy atom. The number of terminal acetylenes is 1. The molecule has 5 nitrogen and oxygen atoms in total. The van der Waals surface area contributed by atoms with Gasteiger partial charge in [-0.05, 0) is 67.1 Å². The van der Waals surface area contributed by atoms with Crippen LogP contribution in [0.1, 0.15) is 23.1 Å².